The van der Waals surface area contributed by atoms with Gasteiger partial charge in [-0.1, -0.05) is 29.8 Å². The van der Waals surface area contributed by atoms with E-state index in [1.54, 1.807) is 49.4 Å². The maximum Gasteiger partial charge on any atom is 0.244 e. The van der Waals surface area contributed by atoms with Crippen LogP contribution in [-0.4, -0.2) is 15.5 Å². The number of aryl methyl sites for hydroxylation is 1. The van der Waals surface area contributed by atoms with Crippen molar-refractivity contribution >= 4 is 21.6 Å². The predicted molar refractivity (Wildman–Crippen MR) is 87.9 cm³/mol. The summed E-state index contributed by atoms with van der Waals surface area (Å²) in [5.41, 5.74) is 1.68. The third-order valence-corrected chi connectivity index (χ3v) is 5.12. The molecule has 0 radical (unpaired) electrons. The maximum absolute atomic E-state index is 12.6. The van der Waals surface area contributed by atoms with E-state index in [4.69, 9.17) is 16.3 Å². The van der Waals surface area contributed by atoms with Crippen molar-refractivity contribution < 1.29 is 13.2 Å². The number of rotatable bonds is 5. The third kappa shape index (κ3) is 3.80. The Labute approximate surface area is 136 Å². The van der Waals surface area contributed by atoms with Crippen LogP contribution >= 0.6 is 11.6 Å². The van der Waals surface area contributed by atoms with Gasteiger partial charge >= 0.3 is 0 Å². The molecule has 118 valence electrons. The summed E-state index contributed by atoms with van der Waals surface area (Å²) >= 11 is 5.85. The fourth-order valence-electron chi connectivity index (χ4n) is 2.11. The zero-order valence-corrected chi connectivity index (χ0v) is 14.2. The first-order chi connectivity index (χ1) is 10.3. The summed E-state index contributed by atoms with van der Waals surface area (Å²) in [6.07, 6.45) is 0. The molecular formula is C16H18ClNO3S. The fraction of sp³-hybridized carbons (Fsp3) is 0.250. The highest BCUT2D eigenvalue weighted by atomic mass is 35.5. The molecule has 0 aliphatic rings. The summed E-state index contributed by atoms with van der Waals surface area (Å²) in [4.78, 5) is 0.135. The average Bonchev–Trinajstić information content (AvgIpc) is 2.47. The Hall–Kier alpha value is -1.56. The van der Waals surface area contributed by atoms with Crippen molar-refractivity contribution in [3.05, 3.63) is 58.6 Å². The molecule has 4 nitrogen and oxygen atoms in total. The van der Waals surface area contributed by atoms with Crippen LogP contribution in [0.3, 0.4) is 0 Å². The van der Waals surface area contributed by atoms with Crippen LogP contribution in [0.4, 0.5) is 0 Å². The highest BCUT2D eigenvalue weighted by molar-refractivity contribution is 7.89. The first kappa shape index (κ1) is 16.8. The third-order valence-electron chi connectivity index (χ3n) is 3.31. The van der Waals surface area contributed by atoms with Crippen molar-refractivity contribution in [3.63, 3.8) is 0 Å². The molecule has 1 atom stereocenters. The van der Waals surface area contributed by atoms with Crippen LogP contribution in [0, 0.1) is 6.92 Å². The SMILES string of the molecule is COc1ccc(C)cc1S(=O)(=O)N[C@@H](C)c1ccc(Cl)cc1. The van der Waals surface area contributed by atoms with Crippen LogP contribution in [0.25, 0.3) is 0 Å². The molecule has 0 fully saturated rings. The van der Waals surface area contributed by atoms with Crippen LogP contribution in [0.1, 0.15) is 24.1 Å². The van der Waals surface area contributed by atoms with Gasteiger partial charge in [0.25, 0.3) is 0 Å². The number of benzene rings is 2. The molecule has 2 aromatic rings. The second-order valence-electron chi connectivity index (χ2n) is 5.05. The van der Waals surface area contributed by atoms with E-state index in [0.29, 0.717) is 10.8 Å². The Morgan fingerprint density at radius 2 is 1.77 bits per heavy atom. The lowest BCUT2D eigenvalue weighted by Crippen LogP contribution is -2.27. The molecule has 0 heterocycles. The summed E-state index contributed by atoms with van der Waals surface area (Å²) < 4.78 is 33.0. The number of nitrogens with one attached hydrogen (secondary N) is 1. The lowest BCUT2D eigenvalue weighted by Gasteiger charge is -2.16. The molecule has 0 spiro atoms. The zero-order valence-electron chi connectivity index (χ0n) is 12.6. The van der Waals surface area contributed by atoms with E-state index in [0.717, 1.165) is 11.1 Å². The zero-order chi connectivity index (χ0) is 16.3. The highest BCUT2D eigenvalue weighted by Crippen LogP contribution is 2.26. The van der Waals surface area contributed by atoms with Gasteiger partial charge in [0.05, 0.1) is 7.11 Å². The summed E-state index contributed by atoms with van der Waals surface area (Å²) in [6.45, 7) is 3.62. The smallest absolute Gasteiger partial charge is 0.244 e. The van der Waals surface area contributed by atoms with Crippen LogP contribution in [-0.2, 0) is 10.0 Å². The van der Waals surface area contributed by atoms with Crippen molar-refractivity contribution in [2.45, 2.75) is 24.8 Å². The standard InChI is InChI=1S/C16H18ClNO3S/c1-11-4-9-15(21-3)16(10-11)22(19,20)18-12(2)13-5-7-14(17)8-6-13/h4-10,12,18H,1-3H3/t12-/m0/s1. The van der Waals surface area contributed by atoms with Crippen LogP contribution in [0.15, 0.2) is 47.4 Å². The van der Waals surface area contributed by atoms with Gasteiger partial charge in [-0.2, -0.15) is 0 Å². The van der Waals surface area contributed by atoms with Gasteiger partial charge in [-0.3, -0.25) is 0 Å². The predicted octanol–water partition coefficient (Wildman–Crippen LogP) is 3.70. The Balaban J connectivity index is 2.31. The molecule has 0 saturated carbocycles. The second-order valence-corrected chi connectivity index (χ2v) is 7.17. The van der Waals surface area contributed by atoms with Gasteiger partial charge in [0, 0.05) is 11.1 Å². The van der Waals surface area contributed by atoms with Crippen LogP contribution < -0.4 is 9.46 Å². The molecule has 22 heavy (non-hydrogen) atoms. The van der Waals surface area contributed by atoms with Gasteiger partial charge in [-0.05, 0) is 49.2 Å². The van der Waals surface area contributed by atoms with Gasteiger partial charge < -0.3 is 4.74 Å². The van der Waals surface area contributed by atoms with E-state index in [1.165, 1.54) is 7.11 Å². The first-order valence-electron chi connectivity index (χ1n) is 6.76. The molecule has 0 unspecified atom stereocenters. The quantitative estimate of drug-likeness (QED) is 0.903. The van der Waals surface area contributed by atoms with Gasteiger partial charge in [0.2, 0.25) is 10.0 Å². The first-order valence-corrected chi connectivity index (χ1v) is 8.62. The van der Waals surface area contributed by atoms with Crippen molar-refractivity contribution in [1.29, 1.82) is 0 Å². The van der Waals surface area contributed by atoms with Gasteiger partial charge in [0.1, 0.15) is 10.6 Å². The van der Waals surface area contributed by atoms with Gasteiger partial charge in [-0.15, -0.1) is 0 Å². The maximum atomic E-state index is 12.6. The molecule has 0 amide bonds. The molecule has 0 aliphatic carbocycles. The van der Waals surface area contributed by atoms with E-state index >= 15 is 0 Å². The number of methoxy groups -OCH3 is 1. The van der Waals surface area contributed by atoms with E-state index in [9.17, 15) is 8.42 Å². The Morgan fingerprint density at radius 3 is 2.36 bits per heavy atom. The van der Waals surface area contributed by atoms with E-state index in [1.807, 2.05) is 6.92 Å². The Morgan fingerprint density at radius 1 is 1.14 bits per heavy atom. The van der Waals surface area contributed by atoms with E-state index < -0.39 is 10.0 Å². The molecule has 0 aromatic heterocycles. The van der Waals surface area contributed by atoms with Crippen molar-refractivity contribution in [1.82, 2.24) is 4.72 Å². The lowest BCUT2D eigenvalue weighted by molar-refractivity contribution is 0.402. The number of ether oxygens (including phenoxy) is 1. The summed E-state index contributed by atoms with van der Waals surface area (Å²) in [6, 6.07) is 11.7. The normalized spacial score (nSPS) is 12.9. The minimum atomic E-state index is -3.69. The van der Waals surface area contributed by atoms with E-state index in [-0.39, 0.29) is 10.9 Å². The van der Waals surface area contributed by atoms with Crippen molar-refractivity contribution in [2.24, 2.45) is 0 Å². The largest absolute Gasteiger partial charge is 0.495 e. The summed E-state index contributed by atoms with van der Waals surface area (Å²) in [7, 11) is -2.24. The Bertz CT molecular complexity index is 757. The molecule has 1 N–H and O–H groups in total. The molecule has 0 saturated heterocycles. The van der Waals surface area contributed by atoms with Crippen LogP contribution in [0.2, 0.25) is 5.02 Å². The minimum Gasteiger partial charge on any atom is -0.495 e. The summed E-state index contributed by atoms with van der Waals surface area (Å²) in [5.74, 6) is 0.321. The van der Waals surface area contributed by atoms with Gasteiger partial charge in [0.15, 0.2) is 0 Å². The Kier molecular flexibility index (Phi) is 5.11. The van der Waals surface area contributed by atoms with E-state index in [2.05, 4.69) is 4.72 Å². The topological polar surface area (TPSA) is 55.4 Å². The molecule has 2 aromatic carbocycles. The summed E-state index contributed by atoms with van der Waals surface area (Å²) in [5, 5.41) is 0.610. The average molecular weight is 340 g/mol. The van der Waals surface area contributed by atoms with Crippen molar-refractivity contribution in [2.75, 3.05) is 7.11 Å². The fourth-order valence-corrected chi connectivity index (χ4v) is 3.72. The minimum absolute atomic E-state index is 0.135. The number of halogens is 1. The van der Waals surface area contributed by atoms with Crippen molar-refractivity contribution in [3.8, 4) is 5.75 Å². The number of sulfonamides is 1. The lowest BCUT2D eigenvalue weighted by atomic mass is 10.1. The molecule has 6 heteroatoms. The molecule has 0 aliphatic heterocycles. The number of hydrogen-bond acceptors (Lipinski definition) is 3. The molecular weight excluding hydrogens is 322 g/mol. The number of hydrogen-bond donors (Lipinski definition) is 1. The molecule has 0 bridgehead atoms. The monoisotopic (exact) mass is 339 g/mol. The highest BCUT2D eigenvalue weighted by Gasteiger charge is 2.22. The second kappa shape index (κ2) is 6.69. The van der Waals surface area contributed by atoms with Crippen LogP contribution in [0.5, 0.6) is 5.75 Å². The van der Waals surface area contributed by atoms with Gasteiger partial charge in [-0.25, -0.2) is 13.1 Å². The molecule has 2 rings (SSSR count).